The molecule has 1 aliphatic rings. The summed E-state index contributed by atoms with van der Waals surface area (Å²) in [6, 6.07) is 12.1. The average molecular weight is 352 g/mol. The SMILES string of the molecule is COc1ccc2cc(CN(C)C(=O)[C@@]3(C)CC3(Cl)Cl)ccc2c1. The van der Waals surface area contributed by atoms with E-state index in [1.807, 2.05) is 37.3 Å². The van der Waals surface area contributed by atoms with Crippen molar-refractivity contribution in [2.24, 2.45) is 5.41 Å². The standard InChI is InChI=1S/C18H19Cl2NO2/c1-17(11-18(17,19)20)16(22)21(2)10-12-4-5-14-9-15(23-3)7-6-13(14)8-12/h4-9H,10-11H2,1-3H3/t17-/m1/s1. The lowest BCUT2D eigenvalue weighted by atomic mass is 10.0. The van der Waals surface area contributed by atoms with E-state index in [4.69, 9.17) is 27.9 Å². The Labute approximate surface area is 146 Å². The van der Waals surface area contributed by atoms with Gasteiger partial charge >= 0.3 is 0 Å². The van der Waals surface area contributed by atoms with Crippen LogP contribution < -0.4 is 4.74 Å². The Morgan fingerprint density at radius 3 is 2.43 bits per heavy atom. The van der Waals surface area contributed by atoms with Crippen LogP contribution in [0.1, 0.15) is 18.9 Å². The highest BCUT2D eigenvalue weighted by Gasteiger charge is 2.68. The number of amides is 1. The summed E-state index contributed by atoms with van der Waals surface area (Å²) in [5.41, 5.74) is 0.396. The number of hydrogen-bond donors (Lipinski definition) is 0. The Hall–Kier alpha value is -1.45. The van der Waals surface area contributed by atoms with Gasteiger partial charge in [-0.2, -0.15) is 0 Å². The molecule has 0 heterocycles. The number of alkyl halides is 2. The summed E-state index contributed by atoms with van der Waals surface area (Å²) in [5, 5.41) is 2.22. The van der Waals surface area contributed by atoms with Gasteiger partial charge in [-0.3, -0.25) is 4.79 Å². The molecular weight excluding hydrogens is 333 g/mol. The monoisotopic (exact) mass is 351 g/mol. The first-order valence-electron chi connectivity index (χ1n) is 7.47. The van der Waals surface area contributed by atoms with Crippen molar-refractivity contribution in [1.29, 1.82) is 0 Å². The van der Waals surface area contributed by atoms with Crippen LogP contribution in [0, 0.1) is 5.41 Å². The highest BCUT2D eigenvalue weighted by molar-refractivity contribution is 6.53. The lowest BCUT2D eigenvalue weighted by Gasteiger charge is -2.22. The van der Waals surface area contributed by atoms with Crippen LogP contribution in [0.4, 0.5) is 0 Å². The second-order valence-electron chi connectivity index (χ2n) is 6.42. The fraction of sp³-hybridized carbons (Fsp3) is 0.389. The Bertz CT molecular complexity index is 775. The van der Waals surface area contributed by atoms with Crippen LogP contribution in [0.5, 0.6) is 5.75 Å². The van der Waals surface area contributed by atoms with Crippen LogP contribution >= 0.6 is 23.2 Å². The molecule has 0 N–H and O–H groups in total. The Morgan fingerprint density at radius 2 is 1.83 bits per heavy atom. The normalized spacial score (nSPS) is 22.0. The van der Waals surface area contributed by atoms with Crippen LogP contribution in [0.25, 0.3) is 10.8 Å². The molecule has 0 aliphatic heterocycles. The molecule has 1 saturated carbocycles. The zero-order valence-electron chi connectivity index (χ0n) is 13.4. The second kappa shape index (κ2) is 5.57. The molecule has 1 aliphatic carbocycles. The van der Waals surface area contributed by atoms with Crippen molar-refractivity contribution < 1.29 is 9.53 Å². The first-order chi connectivity index (χ1) is 10.8. The van der Waals surface area contributed by atoms with E-state index in [2.05, 4.69) is 6.07 Å². The first kappa shape index (κ1) is 16.4. The van der Waals surface area contributed by atoms with Crippen LogP contribution in [0.3, 0.4) is 0 Å². The van der Waals surface area contributed by atoms with Gasteiger partial charge in [-0.1, -0.05) is 18.2 Å². The van der Waals surface area contributed by atoms with E-state index in [1.165, 1.54) is 0 Å². The summed E-state index contributed by atoms with van der Waals surface area (Å²) in [5.74, 6) is 0.817. The van der Waals surface area contributed by atoms with Gasteiger partial charge in [0.05, 0.1) is 12.5 Å². The fourth-order valence-electron chi connectivity index (χ4n) is 2.90. The summed E-state index contributed by atoms with van der Waals surface area (Å²) in [6.45, 7) is 2.35. The molecule has 0 spiro atoms. The van der Waals surface area contributed by atoms with Crippen molar-refractivity contribution in [3.05, 3.63) is 42.0 Å². The van der Waals surface area contributed by atoms with Gasteiger partial charge in [-0.15, -0.1) is 23.2 Å². The zero-order chi connectivity index (χ0) is 16.8. The third-order valence-electron chi connectivity index (χ3n) is 4.61. The third-order valence-corrected chi connectivity index (χ3v) is 5.71. The number of hydrogen-bond acceptors (Lipinski definition) is 2. The first-order valence-corrected chi connectivity index (χ1v) is 8.22. The van der Waals surface area contributed by atoms with Crippen LogP contribution in [0.15, 0.2) is 36.4 Å². The minimum atomic E-state index is -0.932. The van der Waals surface area contributed by atoms with Gasteiger partial charge in [0.1, 0.15) is 10.1 Å². The van der Waals surface area contributed by atoms with Gasteiger partial charge in [0.2, 0.25) is 5.91 Å². The quantitative estimate of drug-likeness (QED) is 0.764. The molecule has 5 heteroatoms. The fourth-order valence-corrected chi connectivity index (χ4v) is 3.59. The predicted octanol–water partition coefficient (Wildman–Crippen LogP) is 4.39. The van der Waals surface area contributed by atoms with Crippen molar-refractivity contribution >= 4 is 39.9 Å². The van der Waals surface area contributed by atoms with Gasteiger partial charge in [0.25, 0.3) is 0 Å². The van der Waals surface area contributed by atoms with Crippen molar-refractivity contribution in [3.63, 3.8) is 0 Å². The number of benzene rings is 2. The van der Waals surface area contributed by atoms with E-state index < -0.39 is 9.75 Å². The van der Waals surface area contributed by atoms with Crippen LogP contribution in [-0.4, -0.2) is 29.3 Å². The molecule has 0 bridgehead atoms. The van der Waals surface area contributed by atoms with E-state index in [-0.39, 0.29) is 5.91 Å². The number of ether oxygens (including phenoxy) is 1. The molecule has 2 aromatic rings. The maximum atomic E-state index is 12.5. The molecule has 2 aromatic carbocycles. The molecule has 1 atom stereocenters. The van der Waals surface area contributed by atoms with Gasteiger partial charge in [0.15, 0.2) is 0 Å². The molecule has 0 aromatic heterocycles. The van der Waals surface area contributed by atoms with Crippen LogP contribution in [-0.2, 0) is 11.3 Å². The van der Waals surface area contributed by atoms with E-state index in [9.17, 15) is 4.79 Å². The molecular formula is C18H19Cl2NO2. The van der Waals surface area contributed by atoms with E-state index in [0.717, 1.165) is 22.1 Å². The zero-order valence-corrected chi connectivity index (χ0v) is 14.9. The number of nitrogens with zero attached hydrogens (tertiary/aromatic N) is 1. The highest BCUT2D eigenvalue weighted by Crippen LogP contribution is 2.64. The molecule has 3 rings (SSSR count). The lowest BCUT2D eigenvalue weighted by molar-refractivity contribution is -0.135. The minimum Gasteiger partial charge on any atom is -0.497 e. The molecule has 1 amide bonds. The number of methoxy groups -OCH3 is 1. The molecule has 122 valence electrons. The summed E-state index contributed by atoms with van der Waals surface area (Å²) in [7, 11) is 3.44. The largest absolute Gasteiger partial charge is 0.497 e. The maximum Gasteiger partial charge on any atom is 0.231 e. The van der Waals surface area contributed by atoms with E-state index in [1.54, 1.807) is 19.1 Å². The van der Waals surface area contributed by atoms with Crippen molar-refractivity contribution in [3.8, 4) is 5.75 Å². The third kappa shape index (κ3) is 2.88. The average Bonchev–Trinajstić information content (AvgIpc) is 3.05. The van der Waals surface area contributed by atoms with E-state index >= 15 is 0 Å². The maximum absolute atomic E-state index is 12.5. The molecule has 23 heavy (non-hydrogen) atoms. The van der Waals surface area contributed by atoms with E-state index in [0.29, 0.717) is 13.0 Å². The van der Waals surface area contributed by atoms with Gasteiger partial charge < -0.3 is 9.64 Å². The number of fused-ring (bicyclic) bond motifs is 1. The predicted molar refractivity (Wildman–Crippen MR) is 94.1 cm³/mol. The van der Waals surface area contributed by atoms with Crippen molar-refractivity contribution in [2.45, 2.75) is 24.2 Å². The lowest BCUT2D eigenvalue weighted by Crippen LogP contribution is -2.34. The molecule has 0 saturated heterocycles. The number of carbonyl (C=O) groups excluding carboxylic acids is 1. The Kier molecular flexibility index (Phi) is 3.97. The van der Waals surface area contributed by atoms with Crippen LogP contribution in [0.2, 0.25) is 0 Å². The van der Waals surface area contributed by atoms with Gasteiger partial charge in [0, 0.05) is 13.6 Å². The van der Waals surface area contributed by atoms with Crippen molar-refractivity contribution in [2.75, 3.05) is 14.2 Å². The number of carbonyl (C=O) groups is 1. The molecule has 3 nitrogen and oxygen atoms in total. The number of halogens is 2. The summed E-state index contributed by atoms with van der Waals surface area (Å²) in [6.07, 6.45) is 0.504. The second-order valence-corrected chi connectivity index (χ2v) is 7.91. The minimum absolute atomic E-state index is 0.0164. The van der Waals surface area contributed by atoms with Gasteiger partial charge in [-0.25, -0.2) is 0 Å². The topological polar surface area (TPSA) is 29.5 Å². The summed E-state index contributed by atoms with van der Waals surface area (Å²) < 4.78 is 4.30. The smallest absolute Gasteiger partial charge is 0.231 e. The highest BCUT2D eigenvalue weighted by atomic mass is 35.5. The van der Waals surface area contributed by atoms with Gasteiger partial charge in [-0.05, 0) is 47.9 Å². The summed E-state index contributed by atoms with van der Waals surface area (Å²) in [4.78, 5) is 14.2. The Balaban J connectivity index is 1.77. The summed E-state index contributed by atoms with van der Waals surface area (Å²) >= 11 is 12.2. The molecule has 0 radical (unpaired) electrons. The molecule has 1 fully saturated rings. The number of rotatable bonds is 4. The molecule has 0 unspecified atom stereocenters. The van der Waals surface area contributed by atoms with Crippen molar-refractivity contribution in [1.82, 2.24) is 4.90 Å². The Morgan fingerprint density at radius 1 is 1.22 bits per heavy atom.